The van der Waals surface area contributed by atoms with Crippen LogP contribution in [0.1, 0.15) is 45.8 Å². The highest BCUT2D eigenvalue weighted by atomic mass is 16.5. The van der Waals surface area contributed by atoms with Crippen molar-refractivity contribution in [3.8, 4) is 22.6 Å². The summed E-state index contributed by atoms with van der Waals surface area (Å²) in [7, 11) is 7.31. The minimum atomic E-state index is -0.0694. The zero-order valence-corrected chi connectivity index (χ0v) is 29.1. The zero-order chi connectivity index (χ0) is 36.2. The Balaban J connectivity index is 0.000000276. The first kappa shape index (κ1) is 37.1. The van der Waals surface area contributed by atoms with Crippen molar-refractivity contribution in [2.75, 3.05) is 37.9 Å². The van der Waals surface area contributed by atoms with Gasteiger partial charge in [-0.05, 0) is 62.7 Å². The van der Waals surface area contributed by atoms with Crippen molar-refractivity contribution in [3.05, 3.63) is 90.0 Å². The number of nitrogens with one attached hydrogen (secondary N) is 2. The van der Waals surface area contributed by atoms with E-state index in [0.717, 1.165) is 59.3 Å². The lowest BCUT2D eigenvalue weighted by atomic mass is 10.1. The fourth-order valence-corrected chi connectivity index (χ4v) is 5.43. The number of likely N-dealkylation sites (tertiary alicyclic amines) is 1. The van der Waals surface area contributed by atoms with Crippen LogP contribution in [-0.4, -0.2) is 78.5 Å². The number of hydrogen-bond donors (Lipinski definition) is 2. The van der Waals surface area contributed by atoms with Crippen LogP contribution in [0, 0.1) is 6.92 Å². The molecule has 0 spiro atoms. The maximum absolute atomic E-state index is 12.2. The summed E-state index contributed by atoms with van der Waals surface area (Å²) in [5.41, 5.74) is 7.32. The van der Waals surface area contributed by atoms with Gasteiger partial charge in [0, 0.05) is 80.3 Å². The molecule has 1 atom stereocenters. The van der Waals surface area contributed by atoms with Gasteiger partial charge in [0.2, 0.25) is 12.3 Å². The molecule has 2 aromatic carbocycles. The van der Waals surface area contributed by atoms with Gasteiger partial charge in [0.15, 0.2) is 24.1 Å². The van der Waals surface area contributed by atoms with Gasteiger partial charge in [-0.15, -0.1) is 0 Å². The largest absolute Gasteiger partial charge is 0.493 e. The van der Waals surface area contributed by atoms with Gasteiger partial charge in [-0.1, -0.05) is 24.3 Å². The van der Waals surface area contributed by atoms with Crippen molar-refractivity contribution < 1.29 is 28.7 Å². The van der Waals surface area contributed by atoms with Crippen LogP contribution in [0.2, 0.25) is 0 Å². The number of nitrogens with zero attached hydrogens (tertiary/aromatic N) is 4. The van der Waals surface area contributed by atoms with E-state index in [0.29, 0.717) is 54.3 Å². The predicted octanol–water partition coefficient (Wildman–Crippen LogP) is 5.99. The van der Waals surface area contributed by atoms with Gasteiger partial charge in [0.05, 0.1) is 30.8 Å². The maximum atomic E-state index is 12.2. The lowest BCUT2D eigenvalue weighted by Crippen LogP contribution is -2.25. The Labute approximate surface area is 292 Å². The number of aryl methyl sites for hydroxylation is 3. The standard InChI is InChI=1S/C25H32N4O4.C13H12N2O2/c1-17-9-21(29(4)14-17)13-26-22-12-24(23(32-5)11-19(22)16-30)33-8-6-7-25(31)27-20-10-18(2)28(3)15-20;1-15-7-11(6-13(15)8-16)10-2-4-12(5-3-10)14-9-17/h10-13,15-16,21H,1,6-9,14H2,2-5H3,(H,27,31);2-9H,1H3,(H,14,17). The van der Waals surface area contributed by atoms with Crippen LogP contribution in [0.15, 0.2) is 78.1 Å². The minimum Gasteiger partial charge on any atom is -0.493 e. The molecule has 1 aliphatic rings. The Morgan fingerprint density at radius 3 is 2.30 bits per heavy atom. The second-order valence-electron chi connectivity index (χ2n) is 12.1. The molecule has 4 aromatic rings. The van der Waals surface area contributed by atoms with Gasteiger partial charge in [0.1, 0.15) is 0 Å². The highest BCUT2D eigenvalue weighted by molar-refractivity contribution is 5.90. The molecule has 1 aliphatic heterocycles. The number of carbonyl (C=O) groups is 4. The highest BCUT2D eigenvalue weighted by Gasteiger charge is 2.22. The normalized spacial score (nSPS) is 14.2. The van der Waals surface area contributed by atoms with E-state index in [9.17, 15) is 19.2 Å². The minimum absolute atomic E-state index is 0.0694. The summed E-state index contributed by atoms with van der Waals surface area (Å²) in [6, 6.07) is 14.7. The number of aliphatic imine (C=N–C) groups is 1. The van der Waals surface area contributed by atoms with Crippen LogP contribution in [0.3, 0.4) is 0 Å². The van der Waals surface area contributed by atoms with Gasteiger partial charge in [0.25, 0.3) is 0 Å². The van der Waals surface area contributed by atoms with E-state index in [1.807, 2.05) is 87.6 Å². The quantitative estimate of drug-likeness (QED) is 0.0723. The molecule has 0 saturated carbocycles. The van der Waals surface area contributed by atoms with Crippen LogP contribution < -0.4 is 20.1 Å². The molecule has 262 valence electrons. The molecule has 12 heteroatoms. The lowest BCUT2D eigenvalue weighted by molar-refractivity contribution is -0.116. The van der Waals surface area contributed by atoms with Crippen molar-refractivity contribution in [2.45, 2.75) is 32.2 Å². The number of likely N-dealkylation sites (N-methyl/N-ethyl adjacent to an activating group) is 1. The van der Waals surface area contributed by atoms with E-state index in [4.69, 9.17) is 9.47 Å². The molecule has 1 unspecified atom stereocenters. The van der Waals surface area contributed by atoms with Crippen molar-refractivity contribution in [2.24, 2.45) is 19.1 Å². The Bertz CT molecular complexity index is 1840. The molecule has 2 aromatic heterocycles. The molecule has 1 saturated heterocycles. The van der Waals surface area contributed by atoms with Crippen molar-refractivity contribution in [1.29, 1.82) is 0 Å². The molecule has 0 aliphatic carbocycles. The average molecular weight is 681 g/mol. The smallest absolute Gasteiger partial charge is 0.224 e. The van der Waals surface area contributed by atoms with E-state index in [1.54, 1.807) is 16.7 Å². The van der Waals surface area contributed by atoms with Crippen LogP contribution in [0.4, 0.5) is 17.1 Å². The van der Waals surface area contributed by atoms with E-state index < -0.39 is 0 Å². The molecule has 3 heterocycles. The predicted molar refractivity (Wildman–Crippen MR) is 196 cm³/mol. The second kappa shape index (κ2) is 17.6. The molecule has 1 fully saturated rings. The van der Waals surface area contributed by atoms with E-state index in [-0.39, 0.29) is 11.9 Å². The number of anilines is 2. The topological polar surface area (TPSA) is 136 Å². The number of ether oxygens (including phenoxy) is 2. The molecule has 5 rings (SSSR count). The number of benzene rings is 2. The van der Waals surface area contributed by atoms with Gasteiger partial charge in [-0.2, -0.15) is 0 Å². The van der Waals surface area contributed by atoms with Gasteiger partial charge in [-0.25, -0.2) is 0 Å². The number of aromatic nitrogens is 2. The number of aldehydes is 2. The first-order chi connectivity index (χ1) is 24.0. The Kier molecular flexibility index (Phi) is 13.0. The molecule has 0 bridgehead atoms. The average Bonchev–Trinajstić information content (AvgIpc) is 3.75. The van der Waals surface area contributed by atoms with Gasteiger partial charge in [-0.3, -0.25) is 29.1 Å². The number of amides is 2. The van der Waals surface area contributed by atoms with Crippen molar-refractivity contribution in [3.63, 3.8) is 0 Å². The van der Waals surface area contributed by atoms with Crippen LogP contribution in [0.25, 0.3) is 11.1 Å². The van der Waals surface area contributed by atoms with Crippen LogP contribution >= 0.6 is 0 Å². The lowest BCUT2D eigenvalue weighted by Gasteiger charge is -2.15. The summed E-state index contributed by atoms with van der Waals surface area (Å²) >= 11 is 0. The van der Waals surface area contributed by atoms with Gasteiger partial charge >= 0.3 is 0 Å². The molecular formula is C38H44N6O6. The van der Waals surface area contributed by atoms with Crippen molar-refractivity contribution in [1.82, 2.24) is 14.0 Å². The van der Waals surface area contributed by atoms with E-state index in [2.05, 4.69) is 27.1 Å². The number of carbonyl (C=O) groups excluding carboxylic acids is 4. The van der Waals surface area contributed by atoms with E-state index in [1.165, 1.54) is 7.11 Å². The fraction of sp³-hybridized carbons (Fsp3) is 0.289. The molecule has 12 nitrogen and oxygen atoms in total. The Morgan fingerprint density at radius 1 is 0.960 bits per heavy atom. The monoisotopic (exact) mass is 680 g/mol. The Hall–Kier alpha value is -5.75. The molecule has 2 N–H and O–H groups in total. The molecule has 0 radical (unpaired) electrons. The fourth-order valence-electron chi connectivity index (χ4n) is 5.43. The number of methoxy groups -OCH3 is 1. The summed E-state index contributed by atoms with van der Waals surface area (Å²) < 4.78 is 15.0. The number of hydrogen-bond acceptors (Lipinski definition) is 8. The van der Waals surface area contributed by atoms with Crippen LogP contribution in [-0.2, 0) is 23.7 Å². The maximum Gasteiger partial charge on any atom is 0.224 e. The third kappa shape index (κ3) is 9.89. The summed E-state index contributed by atoms with van der Waals surface area (Å²) in [6.45, 7) is 7.18. The first-order valence-electron chi connectivity index (χ1n) is 16.1. The number of rotatable bonds is 14. The summed E-state index contributed by atoms with van der Waals surface area (Å²) in [5.74, 6) is 0.866. The summed E-state index contributed by atoms with van der Waals surface area (Å²) in [6.07, 6.45) is 9.54. The van der Waals surface area contributed by atoms with E-state index >= 15 is 0 Å². The zero-order valence-electron chi connectivity index (χ0n) is 29.1. The van der Waals surface area contributed by atoms with Crippen LogP contribution in [0.5, 0.6) is 11.5 Å². The third-order valence-corrected chi connectivity index (χ3v) is 8.31. The highest BCUT2D eigenvalue weighted by Crippen LogP contribution is 2.35. The first-order valence-corrected chi connectivity index (χ1v) is 16.1. The third-order valence-electron chi connectivity index (χ3n) is 8.31. The second-order valence-corrected chi connectivity index (χ2v) is 12.1. The Morgan fingerprint density at radius 2 is 1.72 bits per heavy atom. The van der Waals surface area contributed by atoms with Gasteiger partial charge < -0.3 is 29.2 Å². The summed E-state index contributed by atoms with van der Waals surface area (Å²) in [5, 5.41) is 5.46. The van der Waals surface area contributed by atoms with Crippen molar-refractivity contribution >= 4 is 48.2 Å². The molecular weight excluding hydrogens is 636 g/mol. The SMILES string of the molecule is C=C1CC(C=Nc2cc(OCCCC(=O)Nc3cc(C)n(C)c3)c(OC)cc2C=O)N(C)C1.Cn1cc(-c2ccc(NC=O)cc2)cc1C=O. The molecule has 50 heavy (non-hydrogen) atoms. The summed E-state index contributed by atoms with van der Waals surface area (Å²) in [4.78, 5) is 51.5. The molecule has 2 amide bonds.